The molecule has 1 aliphatic carbocycles. The van der Waals surface area contributed by atoms with E-state index in [9.17, 15) is 4.79 Å². The fraction of sp³-hybridized carbons (Fsp3) is 0.211. The van der Waals surface area contributed by atoms with E-state index in [1.165, 1.54) is 18.2 Å². The molecule has 0 N–H and O–H groups in total. The van der Waals surface area contributed by atoms with E-state index in [2.05, 4.69) is 10.9 Å². The monoisotopic (exact) mass is 290 g/mol. The highest BCUT2D eigenvalue weighted by molar-refractivity contribution is 6.08. The molecule has 3 nitrogen and oxygen atoms in total. The molecule has 0 aliphatic heterocycles. The van der Waals surface area contributed by atoms with Gasteiger partial charge in [0.25, 0.3) is 0 Å². The lowest BCUT2D eigenvalue weighted by Crippen LogP contribution is -2.24. The third-order valence-corrected chi connectivity index (χ3v) is 2.95. The minimum atomic E-state index is -1.03. The van der Waals surface area contributed by atoms with Crippen LogP contribution in [0.25, 0.3) is 0 Å². The smallest absolute Gasteiger partial charge is 0.195 e. The Morgan fingerprint density at radius 3 is 2.59 bits per heavy atom. The molecule has 22 heavy (non-hydrogen) atoms. The quantitative estimate of drug-likeness (QED) is 0.633. The van der Waals surface area contributed by atoms with Gasteiger partial charge < -0.3 is 0 Å². The Labute approximate surface area is 131 Å². The molecule has 1 unspecified atom stereocenters. The first kappa shape index (κ1) is 17.1. The Hall–Kier alpha value is -2.91. The highest BCUT2D eigenvalue weighted by Crippen LogP contribution is 2.21. The first-order valence-electron chi connectivity index (χ1n) is 7.11. The number of nitriles is 1. The maximum atomic E-state index is 11.4. The van der Waals surface area contributed by atoms with Gasteiger partial charge in [-0.1, -0.05) is 50.1 Å². The minimum Gasteiger partial charge on any atom is -0.289 e. The zero-order chi connectivity index (χ0) is 16.4. The molecule has 1 aliphatic rings. The first-order valence-corrected chi connectivity index (χ1v) is 7.11. The molecule has 0 saturated carbocycles. The third-order valence-electron chi connectivity index (χ3n) is 2.95. The summed E-state index contributed by atoms with van der Waals surface area (Å²) in [5, 5.41) is 8.90. The largest absolute Gasteiger partial charge is 0.289 e. The van der Waals surface area contributed by atoms with Crippen LogP contribution in [0.1, 0.15) is 19.4 Å². The average molecular weight is 290 g/mol. The van der Waals surface area contributed by atoms with Crippen LogP contribution in [-0.4, -0.2) is 17.5 Å². The van der Waals surface area contributed by atoms with Crippen LogP contribution in [0.5, 0.6) is 0 Å². The van der Waals surface area contributed by atoms with Gasteiger partial charge in [0.15, 0.2) is 11.3 Å². The maximum Gasteiger partial charge on any atom is 0.195 e. The zero-order valence-electron chi connectivity index (χ0n) is 12.8. The predicted molar refractivity (Wildman–Crippen MR) is 89.4 cm³/mol. The van der Waals surface area contributed by atoms with Gasteiger partial charge in [-0.15, -0.1) is 6.42 Å². The second-order valence-corrected chi connectivity index (χ2v) is 4.34. The Morgan fingerprint density at radius 1 is 1.32 bits per heavy atom. The number of carbonyl (C=O) groups is 1. The van der Waals surface area contributed by atoms with Crippen LogP contribution in [0.4, 0.5) is 0 Å². The van der Waals surface area contributed by atoms with Crippen molar-refractivity contribution in [3.63, 3.8) is 0 Å². The summed E-state index contributed by atoms with van der Waals surface area (Å²) in [6.45, 7) is 4.00. The summed E-state index contributed by atoms with van der Waals surface area (Å²) in [7, 11) is 0. The molecule has 0 spiro atoms. The summed E-state index contributed by atoms with van der Waals surface area (Å²) in [4.78, 5) is 15.8. The van der Waals surface area contributed by atoms with Crippen LogP contribution < -0.4 is 0 Å². The van der Waals surface area contributed by atoms with Gasteiger partial charge in [0.1, 0.15) is 6.07 Å². The number of hydrogen-bond donors (Lipinski definition) is 0. The van der Waals surface area contributed by atoms with Crippen LogP contribution in [0.15, 0.2) is 59.1 Å². The van der Waals surface area contributed by atoms with Gasteiger partial charge in [-0.25, -0.2) is 0 Å². The fourth-order valence-electron chi connectivity index (χ4n) is 1.84. The topological polar surface area (TPSA) is 53.2 Å². The number of nitrogens with zero attached hydrogens (tertiary/aromatic N) is 2. The fourth-order valence-corrected chi connectivity index (χ4v) is 1.84. The zero-order valence-corrected chi connectivity index (χ0v) is 12.8. The number of rotatable bonds is 3. The van der Waals surface area contributed by atoms with Gasteiger partial charge in [-0.2, -0.15) is 5.26 Å². The summed E-state index contributed by atoms with van der Waals surface area (Å²) in [5.41, 5.74) is 0.111. The molecule has 1 aromatic rings. The van der Waals surface area contributed by atoms with Crippen molar-refractivity contribution in [2.75, 3.05) is 0 Å². The maximum absolute atomic E-state index is 11.4. The number of ketones is 1. The number of terminal acetylenes is 1. The van der Waals surface area contributed by atoms with E-state index in [0.717, 1.165) is 5.56 Å². The second kappa shape index (κ2) is 8.39. The van der Waals surface area contributed by atoms with E-state index in [0.29, 0.717) is 6.42 Å². The van der Waals surface area contributed by atoms with Crippen molar-refractivity contribution in [2.24, 2.45) is 4.99 Å². The lowest BCUT2D eigenvalue weighted by Gasteiger charge is -2.18. The van der Waals surface area contributed by atoms with Crippen molar-refractivity contribution in [3.8, 4) is 18.4 Å². The summed E-state index contributed by atoms with van der Waals surface area (Å²) < 4.78 is 0. The van der Waals surface area contributed by atoms with Crippen molar-refractivity contribution >= 4 is 12.0 Å². The van der Waals surface area contributed by atoms with Crippen LogP contribution in [0.3, 0.4) is 0 Å². The second-order valence-electron chi connectivity index (χ2n) is 4.34. The van der Waals surface area contributed by atoms with E-state index in [4.69, 9.17) is 11.7 Å². The summed E-state index contributed by atoms with van der Waals surface area (Å²) in [5.74, 6) is 2.19. The molecule has 0 heterocycles. The molecule has 2 rings (SSSR count). The molecule has 110 valence electrons. The Bertz CT molecular complexity index is 684. The number of hydrogen-bond acceptors (Lipinski definition) is 3. The van der Waals surface area contributed by atoms with Gasteiger partial charge >= 0.3 is 0 Å². The van der Waals surface area contributed by atoms with Crippen LogP contribution >= 0.6 is 0 Å². The van der Waals surface area contributed by atoms with Gasteiger partial charge in [-0.05, 0) is 23.8 Å². The normalized spacial score (nSPS) is 19.6. The number of carbonyl (C=O) groups excluding carboxylic acids is 1. The lowest BCUT2D eigenvalue weighted by molar-refractivity contribution is -0.111. The van der Waals surface area contributed by atoms with Crippen molar-refractivity contribution in [3.05, 3.63) is 59.7 Å². The Morgan fingerprint density at radius 2 is 2.00 bits per heavy atom. The highest BCUT2D eigenvalue weighted by Gasteiger charge is 2.26. The van der Waals surface area contributed by atoms with Crippen LogP contribution in [-0.2, 0) is 11.2 Å². The summed E-state index contributed by atoms with van der Waals surface area (Å²) in [6, 6.07) is 11.7. The number of aliphatic imine (C=N–C) groups is 1. The van der Waals surface area contributed by atoms with E-state index < -0.39 is 5.54 Å². The van der Waals surface area contributed by atoms with Crippen LogP contribution in [0.2, 0.25) is 0 Å². The third kappa shape index (κ3) is 4.30. The summed E-state index contributed by atoms with van der Waals surface area (Å²) >= 11 is 0. The molecule has 0 aromatic heterocycles. The molecule has 0 radical (unpaired) electrons. The minimum absolute atomic E-state index is 0.0299. The summed E-state index contributed by atoms with van der Waals surface area (Å²) in [6.07, 6.45) is 12.1. The molecular weight excluding hydrogens is 272 g/mol. The van der Waals surface area contributed by atoms with E-state index in [-0.39, 0.29) is 11.4 Å². The van der Waals surface area contributed by atoms with E-state index >= 15 is 0 Å². The van der Waals surface area contributed by atoms with Crippen molar-refractivity contribution in [2.45, 2.75) is 25.8 Å². The average Bonchev–Trinajstić information content (AvgIpc) is 2.59. The van der Waals surface area contributed by atoms with Gasteiger partial charge in [0, 0.05) is 12.6 Å². The molecule has 3 heteroatoms. The molecule has 0 amide bonds. The Balaban J connectivity index is 0.00000116. The predicted octanol–water partition coefficient (Wildman–Crippen LogP) is 3.29. The van der Waals surface area contributed by atoms with Crippen molar-refractivity contribution in [1.29, 1.82) is 5.26 Å². The lowest BCUT2D eigenvalue weighted by atomic mass is 9.91. The van der Waals surface area contributed by atoms with Gasteiger partial charge in [0.2, 0.25) is 0 Å². The standard InChI is InChI=1S/C17H12N2O.C2H6/c1-2-17(10-8-16(20)15(12-17)13-18)19-11-9-14-6-4-3-5-7-14;1-2/h1,3-8,10-12H,9H2;1-2H3. The molecule has 1 atom stereocenters. The highest BCUT2D eigenvalue weighted by atomic mass is 16.1. The van der Waals surface area contributed by atoms with Gasteiger partial charge in [0.05, 0.1) is 5.57 Å². The van der Waals surface area contributed by atoms with E-state index in [1.807, 2.05) is 50.2 Å². The molecular formula is C19H18N2O. The van der Waals surface area contributed by atoms with Crippen LogP contribution in [0, 0.1) is 23.7 Å². The van der Waals surface area contributed by atoms with Crippen molar-refractivity contribution < 1.29 is 4.79 Å². The SMILES string of the molecule is C#CC1(N=CCc2ccccc2)C=CC(=O)C(C#N)=C1.CC. The first-order chi connectivity index (χ1) is 10.7. The van der Waals surface area contributed by atoms with E-state index in [1.54, 1.807) is 6.21 Å². The number of allylic oxidation sites excluding steroid dienone is 2. The number of benzene rings is 1. The Kier molecular flexibility index (Phi) is 6.54. The van der Waals surface area contributed by atoms with Crippen molar-refractivity contribution in [1.82, 2.24) is 0 Å². The molecule has 1 aromatic carbocycles. The molecule has 0 bridgehead atoms. The molecule has 0 saturated heterocycles. The van der Waals surface area contributed by atoms with Gasteiger partial charge in [-0.3, -0.25) is 9.79 Å². The molecule has 0 fully saturated rings.